The lowest BCUT2D eigenvalue weighted by atomic mass is 10.1. The molecule has 0 bridgehead atoms. The number of non-ortho nitro benzene ring substituents is 1. The Morgan fingerprint density at radius 3 is 2.41 bits per heavy atom. The van der Waals surface area contributed by atoms with Crippen molar-refractivity contribution in [3.8, 4) is 17.2 Å². The molecule has 1 aliphatic heterocycles. The predicted molar refractivity (Wildman–Crippen MR) is 137 cm³/mol. The average molecular weight is 542 g/mol. The zero-order chi connectivity index (χ0) is 26.7. The van der Waals surface area contributed by atoms with E-state index in [1.807, 2.05) is 0 Å². The Kier molecular flexibility index (Phi) is 7.41. The van der Waals surface area contributed by atoms with Gasteiger partial charge in [0.2, 0.25) is 5.75 Å². The molecular formula is C24H16ClN3O8S. The number of rotatable bonds is 8. The van der Waals surface area contributed by atoms with Crippen LogP contribution in [0.1, 0.15) is 12.5 Å². The molecule has 3 aromatic carbocycles. The monoisotopic (exact) mass is 541 g/mol. The summed E-state index contributed by atoms with van der Waals surface area (Å²) in [5.74, 6) is -0.412. The first-order valence-electron chi connectivity index (χ1n) is 10.6. The molecule has 13 heteroatoms. The first kappa shape index (κ1) is 25.7. The normalized spacial score (nSPS) is 14.2. The molecule has 188 valence electrons. The molecule has 0 unspecified atom stereocenters. The smallest absolute Gasteiger partial charge is 0.318 e. The largest absolute Gasteiger partial charge is 0.490 e. The number of thioether (sulfide) groups is 1. The van der Waals surface area contributed by atoms with Crippen molar-refractivity contribution < 1.29 is 28.9 Å². The van der Waals surface area contributed by atoms with E-state index in [-0.39, 0.29) is 28.8 Å². The Morgan fingerprint density at radius 1 is 0.973 bits per heavy atom. The van der Waals surface area contributed by atoms with Crippen molar-refractivity contribution in [2.75, 3.05) is 11.5 Å². The highest BCUT2D eigenvalue weighted by Crippen LogP contribution is 2.40. The van der Waals surface area contributed by atoms with Gasteiger partial charge in [-0.05, 0) is 66.7 Å². The predicted octanol–water partition coefficient (Wildman–Crippen LogP) is 6.59. The summed E-state index contributed by atoms with van der Waals surface area (Å²) in [7, 11) is 0. The van der Waals surface area contributed by atoms with E-state index in [0.29, 0.717) is 16.3 Å². The average Bonchev–Trinajstić information content (AvgIpc) is 3.13. The number of hydrogen-bond acceptors (Lipinski definition) is 9. The van der Waals surface area contributed by atoms with Crippen molar-refractivity contribution >= 4 is 57.6 Å². The Bertz CT molecular complexity index is 1480. The summed E-state index contributed by atoms with van der Waals surface area (Å²) in [6, 6.07) is 14.0. The molecule has 0 radical (unpaired) electrons. The van der Waals surface area contributed by atoms with Crippen LogP contribution in [0, 0.1) is 20.2 Å². The fourth-order valence-corrected chi connectivity index (χ4v) is 4.42. The van der Waals surface area contributed by atoms with Gasteiger partial charge < -0.3 is 9.47 Å². The highest BCUT2D eigenvalue weighted by Gasteiger charge is 2.36. The number of nitro groups is 2. The Balaban J connectivity index is 1.64. The maximum Gasteiger partial charge on any atom is 0.318 e. The number of hydrogen-bond donors (Lipinski definition) is 0. The van der Waals surface area contributed by atoms with Crippen molar-refractivity contribution in [2.45, 2.75) is 6.92 Å². The van der Waals surface area contributed by atoms with Gasteiger partial charge in [0.15, 0.2) is 11.5 Å². The lowest BCUT2D eigenvalue weighted by Gasteiger charge is -2.13. The van der Waals surface area contributed by atoms with Crippen molar-refractivity contribution in [3.63, 3.8) is 0 Å². The summed E-state index contributed by atoms with van der Waals surface area (Å²) in [5.41, 5.74) is -0.186. The number of carbonyl (C=O) groups excluding carboxylic acids is 2. The van der Waals surface area contributed by atoms with Crippen molar-refractivity contribution in [3.05, 3.63) is 96.4 Å². The summed E-state index contributed by atoms with van der Waals surface area (Å²) in [4.78, 5) is 47.5. The zero-order valence-electron chi connectivity index (χ0n) is 19.0. The summed E-state index contributed by atoms with van der Waals surface area (Å²) >= 11 is 6.76. The molecule has 0 spiro atoms. The van der Waals surface area contributed by atoms with Gasteiger partial charge in [0.1, 0.15) is 0 Å². The summed E-state index contributed by atoms with van der Waals surface area (Å²) in [6.07, 6.45) is 1.51. The van der Waals surface area contributed by atoms with Gasteiger partial charge in [0.05, 0.1) is 33.1 Å². The molecule has 0 N–H and O–H groups in total. The van der Waals surface area contributed by atoms with Gasteiger partial charge in [-0.2, -0.15) is 0 Å². The van der Waals surface area contributed by atoms with Gasteiger partial charge >= 0.3 is 5.69 Å². The molecule has 1 aliphatic rings. The molecule has 11 nitrogen and oxygen atoms in total. The van der Waals surface area contributed by atoms with E-state index >= 15 is 0 Å². The lowest BCUT2D eigenvalue weighted by molar-refractivity contribution is -0.394. The number of halogens is 1. The van der Waals surface area contributed by atoms with Gasteiger partial charge in [-0.15, -0.1) is 0 Å². The minimum atomic E-state index is -0.785. The highest BCUT2D eigenvalue weighted by molar-refractivity contribution is 8.19. The molecule has 2 amide bonds. The SMILES string of the molecule is CCOc1cc(/C=C2\SC(=O)N(c3cccc(Cl)c3)C2=O)ccc1Oc1ccc([N+](=O)[O-])cc1[N+](=O)[O-]. The number of nitrogens with zero attached hydrogens (tertiary/aromatic N) is 3. The number of benzene rings is 3. The van der Waals surface area contributed by atoms with E-state index in [2.05, 4.69) is 0 Å². The molecule has 37 heavy (non-hydrogen) atoms. The molecule has 1 heterocycles. The zero-order valence-corrected chi connectivity index (χ0v) is 20.5. The Labute approximate surface area is 218 Å². The van der Waals surface area contributed by atoms with E-state index in [1.54, 1.807) is 37.3 Å². The van der Waals surface area contributed by atoms with Crippen LogP contribution in [-0.2, 0) is 4.79 Å². The second-order valence-electron chi connectivity index (χ2n) is 7.40. The van der Waals surface area contributed by atoms with Crippen LogP contribution >= 0.6 is 23.4 Å². The van der Waals surface area contributed by atoms with Gasteiger partial charge in [-0.3, -0.25) is 29.8 Å². The minimum absolute atomic E-state index is 0.114. The quantitative estimate of drug-likeness (QED) is 0.175. The molecular weight excluding hydrogens is 526 g/mol. The number of imide groups is 1. The van der Waals surface area contributed by atoms with Gasteiger partial charge in [-0.25, -0.2) is 4.90 Å². The third kappa shape index (κ3) is 5.55. The minimum Gasteiger partial charge on any atom is -0.490 e. The fraction of sp³-hybridized carbons (Fsp3) is 0.0833. The molecule has 0 saturated carbocycles. The van der Waals surface area contributed by atoms with E-state index < -0.39 is 32.4 Å². The van der Waals surface area contributed by atoms with Crippen molar-refractivity contribution in [1.29, 1.82) is 0 Å². The molecule has 0 aliphatic carbocycles. The van der Waals surface area contributed by atoms with E-state index in [4.69, 9.17) is 21.1 Å². The molecule has 4 rings (SSSR count). The Hall–Kier alpha value is -4.42. The summed E-state index contributed by atoms with van der Waals surface area (Å²) < 4.78 is 11.3. The van der Waals surface area contributed by atoms with Crippen LogP contribution in [0.3, 0.4) is 0 Å². The second-order valence-corrected chi connectivity index (χ2v) is 8.83. The first-order valence-corrected chi connectivity index (χ1v) is 11.8. The highest BCUT2D eigenvalue weighted by atomic mass is 35.5. The van der Waals surface area contributed by atoms with Crippen LogP contribution in [0.25, 0.3) is 6.08 Å². The van der Waals surface area contributed by atoms with E-state index in [1.165, 1.54) is 18.2 Å². The van der Waals surface area contributed by atoms with Crippen LogP contribution in [0.2, 0.25) is 5.02 Å². The van der Waals surface area contributed by atoms with Gasteiger partial charge in [0.25, 0.3) is 16.8 Å². The fourth-order valence-electron chi connectivity index (χ4n) is 3.39. The lowest BCUT2D eigenvalue weighted by Crippen LogP contribution is -2.27. The van der Waals surface area contributed by atoms with Crippen molar-refractivity contribution in [2.24, 2.45) is 0 Å². The van der Waals surface area contributed by atoms with Gasteiger partial charge in [0, 0.05) is 11.1 Å². The number of ether oxygens (including phenoxy) is 2. The number of amides is 2. The van der Waals surface area contributed by atoms with E-state index in [9.17, 15) is 29.8 Å². The van der Waals surface area contributed by atoms with Crippen LogP contribution < -0.4 is 14.4 Å². The maximum absolute atomic E-state index is 12.9. The third-order valence-corrected chi connectivity index (χ3v) is 6.10. The van der Waals surface area contributed by atoms with E-state index in [0.717, 1.165) is 34.9 Å². The standard InChI is InChI=1S/C24H16ClN3O8S/c1-2-35-21-10-14(11-22-23(29)26(24(30)37-22)16-5-3-4-15(25)12-16)6-8-20(21)36-19-9-7-17(27(31)32)13-18(19)28(33)34/h3-13H,2H2,1H3/b22-11-. The van der Waals surface area contributed by atoms with Crippen LogP contribution in [0.15, 0.2) is 65.6 Å². The molecule has 1 fully saturated rings. The molecule has 3 aromatic rings. The molecule has 0 atom stereocenters. The summed E-state index contributed by atoms with van der Waals surface area (Å²) in [5, 5.41) is 22.3. The summed E-state index contributed by atoms with van der Waals surface area (Å²) in [6.45, 7) is 1.95. The topological polar surface area (TPSA) is 142 Å². The van der Waals surface area contributed by atoms with Crippen LogP contribution in [-0.4, -0.2) is 27.6 Å². The van der Waals surface area contributed by atoms with Crippen LogP contribution in [0.4, 0.5) is 21.9 Å². The number of carbonyl (C=O) groups is 2. The number of nitro benzene ring substituents is 2. The third-order valence-electron chi connectivity index (χ3n) is 5.00. The van der Waals surface area contributed by atoms with Gasteiger partial charge in [-0.1, -0.05) is 23.7 Å². The first-order chi connectivity index (χ1) is 17.7. The maximum atomic E-state index is 12.9. The Morgan fingerprint density at radius 2 is 1.73 bits per heavy atom. The second kappa shape index (κ2) is 10.7. The van der Waals surface area contributed by atoms with Crippen molar-refractivity contribution in [1.82, 2.24) is 0 Å². The molecule has 0 aromatic heterocycles. The molecule has 1 saturated heterocycles. The number of anilines is 1. The van der Waals surface area contributed by atoms with Crippen LogP contribution in [0.5, 0.6) is 17.2 Å².